The van der Waals surface area contributed by atoms with Gasteiger partial charge in [0, 0.05) is 12.3 Å². The summed E-state index contributed by atoms with van der Waals surface area (Å²) < 4.78 is 25.1. The van der Waals surface area contributed by atoms with Crippen molar-refractivity contribution in [2.24, 2.45) is 0 Å². The molecule has 0 aromatic heterocycles. The number of benzene rings is 1. The number of nitrogens with one attached hydrogen (secondary N) is 1. The Balaban J connectivity index is 3.34. The number of hydrogen-bond donors (Lipinski definition) is 1. The third kappa shape index (κ3) is 2.71. The average molecular weight is 262 g/mol. The van der Waals surface area contributed by atoms with Crippen LogP contribution in [0.15, 0.2) is 28.0 Å². The summed E-state index contributed by atoms with van der Waals surface area (Å²) in [6.45, 7) is 0. The highest BCUT2D eigenvalue weighted by molar-refractivity contribution is 7.84. The molecule has 8 heteroatoms. The molecule has 2 unspecified atom stereocenters. The van der Waals surface area contributed by atoms with Crippen LogP contribution in [0.2, 0.25) is 0 Å². The van der Waals surface area contributed by atoms with Crippen molar-refractivity contribution in [1.82, 2.24) is 4.72 Å². The van der Waals surface area contributed by atoms with Gasteiger partial charge in [-0.25, -0.2) is 8.93 Å². The SMILES string of the molecule is CNS(=O)c1ccc(S(C)=O)c([N+](=O)[O-])c1. The Morgan fingerprint density at radius 1 is 1.38 bits per heavy atom. The van der Waals surface area contributed by atoms with Gasteiger partial charge in [0.25, 0.3) is 5.69 Å². The third-order valence-corrected chi connectivity index (χ3v) is 3.85. The van der Waals surface area contributed by atoms with Crippen LogP contribution in [0.1, 0.15) is 0 Å². The minimum atomic E-state index is -1.49. The fourth-order valence-corrected chi connectivity index (χ4v) is 2.45. The molecule has 1 aromatic rings. The Labute approximate surface area is 97.2 Å². The first-order chi connectivity index (χ1) is 7.47. The van der Waals surface area contributed by atoms with E-state index in [2.05, 4.69) is 4.72 Å². The lowest BCUT2D eigenvalue weighted by atomic mass is 10.3. The van der Waals surface area contributed by atoms with Gasteiger partial charge >= 0.3 is 0 Å². The van der Waals surface area contributed by atoms with E-state index < -0.39 is 26.7 Å². The summed E-state index contributed by atoms with van der Waals surface area (Å²) in [5, 5.41) is 10.7. The van der Waals surface area contributed by atoms with E-state index >= 15 is 0 Å². The van der Waals surface area contributed by atoms with Gasteiger partial charge in [-0.2, -0.15) is 0 Å². The first-order valence-corrected chi connectivity index (χ1v) is 6.89. The van der Waals surface area contributed by atoms with Crippen molar-refractivity contribution >= 4 is 27.5 Å². The second kappa shape index (κ2) is 5.28. The lowest BCUT2D eigenvalue weighted by molar-refractivity contribution is -0.388. The van der Waals surface area contributed by atoms with Gasteiger partial charge in [0.2, 0.25) is 0 Å². The molecule has 1 rings (SSSR count). The van der Waals surface area contributed by atoms with Gasteiger partial charge in [-0.1, -0.05) is 0 Å². The van der Waals surface area contributed by atoms with Crippen molar-refractivity contribution < 1.29 is 13.3 Å². The molecule has 0 amide bonds. The summed E-state index contributed by atoms with van der Waals surface area (Å²) >= 11 is 0. The van der Waals surface area contributed by atoms with E-state index in [0.717, 1.165) is 0 Å². The Hall–Kier alpha value is -1.12. The molecule has 16 heavy (non-hydrogen) atoms. The maximum absolute atomic E-state index is 11.4. The number of hydrogen-bond acceptors (Lipinski definition) is 4. The van der Waals surface area contributed by atoms with E-state index in [9.17, 15) is 18.5 Å². The summed E-state index contributed by atoms with van der Waals surface area (Å²) in [5.41, 5.74) is -0.276. The second-order valence-electron chi connectivity index (χ2n) is 2.81. The molecule has 0 fully saturated rings. The smallest absolute Gasteiger partial charge is 0.258 e. The van der Waals surface area contributed by atoms with Gasteiger partial charge in [0.1, 0.15) is 15.9 Å². The topological polar surface area (TPSA) is 89.3 Å². The van der Waals surface area contributed by atoms with E-state index in [0.29, 0.717) is 0 Å². The quantitative estimate of drug-likeness (QED) is 0.634. The average Bonchev–Trinajstić information content (AvgIpc) is 2.26. The maximum Gasteiger partial charge on any atom is 0.286 e. The van der Waals surface area contributed by atoms with Crippen LogP contribution < -0.4 is 4.72 Å². The van der Waals surface area contributed by atoms with Crippen LogP contribution in [0.3, 0.4) is 0 Å². The molecule has 88 valence electrons. The maximum atomic E-state index is 11.4. The van der Waals surface area contributed by atoms with Crippen LogP contribution in [-0.2, 0) is 21.8 Å². The summed E-state index contributed by atoms with van der Waals surface area (Å²) in [4.78, 5) is 10.5. The number of nitrogens with zero attached hydrogens (tertiary/aromatic N) is 1. The largest absolute Gasteiger partial charge is 0.286 e. The zero-order chi connectivity index (χ0) is 12.3. The number of nitro groups is 1. The molecule has 6 nitrogen and oxygen atoms in total. The van der Waals surface area contributed by atoms with E-state index in [1.54, 1.807) is 0 Å². The van der Waals surface area contributed by atoms with Gasteiger partial charge in [0.15, 0.2) is 0 Å². The monoisotopic (exact) mass is 262 g/mol. The van der Waals surface area contributed by atoms with Crippen LogP contribution in [0.4, 0.5) is 5.69 Å². The van der Waals surface area contributed by atoms with Gasteiger partial charge in [-0.15, -0.1) is 0 Å². The highest BCUT2D eigenvalue weighted by Gasteiger charge is 2.18. The van der Waals surface area contributed by atoms with Crippen molar-refractivity contribution in [3.05, 3.63) is 28.3 Å². The van der Waals surface area contributed by atoms with E-state index in [1.165, 1.54) is 31.5 Å². The summed E-state index contributed by atoms with van der Waals surface area (Å²) in [5.74, 6) is 0. The van der Waals surface area contributed by atoms with E-state index in [1.807, 2.05) is 0 Å². The van der Waals surface area contributed by atoms with Crippen molar-refractivity contribution in [1.29, 1.82) is 0 Å². The zero-order valence-corrected chi connectivity index (χ0v) is 10.3. The molecule has 0 saturated carbocycles. The van der Waals surface area contributed by atoms with Crippen LogP contribution >= 0.6 is 0 Å². The molecule has 1 aromatic carbocycles. The van der Waals surface area contributed by atoms with Gasteiger partial charge in [-0.05, 0) is 19.2 Å². The van der Waals surface area contributed by atoms with Crippen molar-refractivity contribution in [3.8, 4) is 0 Å². The summed E-state index contributed by atoms with van der Waals surface area (Å²) in [6.07, 6.45) is 1.36. The lowest BCUT2D eigenvalue weighted by Crippen LogP contribution is -2.11. The predicted octanol–water partition coefficient (Wildman–Crippen LogP) is 0.574. The molecule has 0 radical (unpaired) electrons. The van der Waals surface area contributed by atoms with E-state index in [4.69, 9.17) is 0 Å². The molecule has 1 N–H and O–H groups in total. The molecule has 0 saturated heterocycles. The van der Waals surface area contributed by atoms with Gasteiger partial charge in [-0.3, -0.25) is 14.3 Å². The van der Waals surface area contributed by atoms with Crippen molar-refractivity contribution in [3.63, 3.8) is 0 Å². The minimum absolute atomic E-state index is 0.127. The Bertz CT molecular complexity index is 475. The molecule has 0 spiro atoms. The molecule has 0 heterocycles. The highest BCUT2D eigenvalue weighted by Crippen LogP contribution is 2.24. The Kier molecular flexibility index (Phi) is 4.27. The lowest BCUT2D eigenvalue weighted by Gasteiger charge is -2.03. The standard InChI is InChI=1S/C8H10N2O4S2/c1-9-16(14)6-3-4-8(15(2)13)7(5-6)10(11)12/h3-5,9H,1-2H3. The Morgan fingerprint density at radius 2 is 2.00 bits per heavy atom. The molecule has 0 aliphatic rings. The summed E-state index contributed by atoms with van der Waals surface area (Å²) in [7, 11) is -1.46. The van der Waals surface area contributed by atoms with E-state index in [-0.39, 0.29) is 15.5 Å². The van der Waals surface area contributed by atoms with Crippen LogP contribution in [-0.4, -0.2) is 26.6 Å². The third-order valence-electron chi connectivity index (χ3n) is 1.84. The van der Waals surface area contributed by atoms with Crippen molar-refractivity contribution in [2.75, 3.05) is 13.3 Å². The highest BCUT2D eigenvalue weighted by atomic mass is 32.2. The molecular formula is C8H10N2O4S2. The van der Waals surface area contributed by atoms with Crippen LogP contribution in [0, 0.1) is 10.1 Å². The number of nitro benzene ring substituents is 1. The molecule has 0 aliphatic heterocycles. The van der Waals surface area contributed by atoms with Gasteiger partial charge < -0.3 is 0 Å². The van der Waals surface area contributed by atoms with Crippen molar-refractivity contribution in [2.45, 2.75) is 9.79 Å². The molecule has 2 atom stereocenters. The normalized spacial score (nSPS) is 14.4. The minimum Gasteiger partial charge on any atom is -0.258 e. The van der Waals surface area contributed by atoms with Crippen LogP contribution in [0.25, 0.3) is 0 Å². The predicted molar refractivity (Wildman–Crippen MR) is 60.9 cm³/mol. The van der Waals surface area contributed by atoms with Crippen LogP contribution in [0.5, 0.6) is 0 Å². The number of rotatable bonds is 4. The second-order valence-corrected chi connectivity index (χ2v) is 5.58. The summed E-state index contributed by atoms with van der Waals surface area (Å²) in [6, 6.07) is 3.98. The first kappa shape index (κ1) is 12.9. The fourth-order valence-electron chi connectivity index (χ4n) is 1.12. The molecule has 0 aliphatic carbocycles. The fraction of sp³-hybridized carbons (Fsp3) is 0.250. The Morgan fingerprint density at radius 3 is 2.44 bits per heavy atom. The van der Waals surface area contributed by atoms with Gasteiger partial charge in [0.05, 0.1) is 20.6 Å². The molecular weight excluding hydrogens is 252 g/mol. The first-order valence-electron chi connectivity index (χ1n) is 4.18. The zero-order valence-electron chi connectivity index (χ0n) is 8.63. The molecule has 0 bridgehead atoms.